The number of hydrogen-bond acceptors (Lipinski definition) is 2. The van der Waals surface area contributed by atoms with Crippen LogP contribution in [0.5, 0.6) is 0 Å². The molecule has 2 N–H and O–H groups in total. The fourth-order valence-corrected chi connectivity index (χ4v) is 1.51. The Bertz CT molecular complexity index is 286. The summed E-state index contributed by atoms with van der Waals surface area (Å²) in [5.41, 5.74) is 2.69. The van der Waals surface area contributed by atoms with Gasteiger partial charge in [0, 0.05) is 6.61 Å². The molecule has 0 aliphatic rings. The summed E-state index contributed by atoms with van der Waals surface area (Å²) in [7, 11) is 0. The van der Waals surface area contributed by atoms with Crippen LogP contribution in [0, 0.1) is 12.8 Å². The Balaban J connectivity index is 2.20. The van der Waals surface area contributed by atoms with Gasteiger partial charge >= 0.3 is 0 Å². The molecule has 84 valence electrons. The molecule has 2 nitrogen and oxygen atoms in total. The Morgan fingerprint density at radius 2 is 2.20 bits per heavy atom. The van der Waals surface area contributed by atoms with Gasteiger partial charge in [-0.3, -0.25) is 0 Å². The number of rotatable bonds is 6. The standard InChI is InChI=1S/C13H21NO/c1-11-4-3-5-13(8-11)6-7-14-9-12(2)10-15/h3-5,8,12,14-15H,6-7,9-10H2,1-2H3. The van der Waals surface area contributed by atoms with Crippen LogP contribution in [-0.2, 0) is 6.42 Å². The van der Waals surface area contributed by atoms with Crippen LogP contribution in [0.1, 0.15) is 18.1 Å². The molecule has 0 fully saturated rings. The highest BCUT2D eigenvalue weighted by atomic mass is 16.3. The van der Waals surface area contributed by atoms with Crippen molar-refractivity contribution in [3.05, 3.63) is 35.4 Å². The fraction of sp³-hybridized carbons (Fsp3) is 0.538. The molecule has 1 unspecified atom stereocenters. The van der Waals surface area contributed by atoms with Gasteiger partial charge in [-0.25, -0.2) is 0 Å². The molecule has 0 aliphatic heterocycles. The Morgan fingerprint density at radius 1 is 1.40 bits per heavy atom. The molecule has 1 rings (SSSR count). The van der Waals surface area contributed by atoms with Crippen LogP contribution in [0.25, 0.3) is 0 Å². The van der Waals surface area contributed by atoms with Crippen molar-refractivity contribution in [2.45, 2.75) is 20.3 Å². The maximum absolute atomic E-state index is 8.85. The van der Waals surface area contributed by atoms with Gasteiger partial charge in [0.15, 0.2) is 0 Å². The molecule has 0 bridgehead atoms. The monoisotopic (exact) mass is 207 g/mol. The lowest BCUT2D eigenvalue weighted by Gasteiger charge is -2.09. The predicted molar refractivity (Wildman–Crippen MR) is 64.0 cm³/mol. The summed E-state index contributed by atoms with van der Waals surface area (Å²) in [5, 5.41) is 12.2. The third-order valence-corrected chi connectivity index (χ3v) is 2.48. The highest BCUT2D eigenvalue weighted by Gasteiger charge is 1.98. The summed E-state index contributed by atoms with van der Waals surface area (Å²) < 4.78 is 0. The third-order valence-electron chi connectivity index (χ3n) is 2.48. The molecule has 0 aliphatic carbocycles. The number of nitrogens with one attached hydrogen (secondary N) is 1. The highest BCUT2D eigenvalue weighted by molar-refractivity contribution is 5.22. The Labute approximate surface area is 92.3 Å². The minimum atomic E-state index is 0.261. The SMILES string of the molecule is Cc1cccc(CCNCC(C)CO)c1. The van der Waals surface area contributed by atoms with Crippen LogP contribution in [0.4, 0.5) is 0 Å². The van der Waals surface area contributed by atoms with Crippen LogP contribution in [0.15, 0.2) is 24.3 Å². The third kappa shape index (κ3) is 4.96. The van der Waals surface area contributed by atoms with E-state index >= 15 is 0 Å². The van der Waals surface area contributed by atoms with Crippen molar-refractivity contribution in [2.24, 2.45) is 5.92 Å². The normalized spacial score (nSPS) is 12.7. The predicted octanol–water partition coefficient (Wildman–Crippen LogP) is 1.76. The molecule has 0 aromatic heterocycles. The van der Waals surface area contributed by atoms with Crippen LogP contribution >= 0.6 is 0 Å². The summed E-state index contributed by atoms with van der Waals surface area (Å²) in [5.74, 6) is 0.350. The largest absolute Gasteiger partial charge is 0.396 e. The van der Waals surface area contributed by atoms with E-state index in [0.717, 1.165) is 19.5 Å². The second-order valence-corrected chi connectivity index (χ2v) is 4.23. The topological polar surface area (TPSA) is 32.3 Å². The lowest BCUT2D eigenvalue weighted by atomic mass is 10.1. The van der Waals surface area contributed by atoms with Gasteiger partial charge in [0.25, 0.3) is 0 Å². The summed E-state index contributed by atoms with van der Waals surface area (Å²) in [6.45, 7) is 6.29. The number of aliphatic hydroxyl groups is 1. The van der Waals surface area contributed by atoms with Gasteiger partial charge in [0.1, 0.15) is 0 Å². The molecule has 1 aromatic carbocycles. The zero-order chi connectivity index (χ0) is 11.1. The van der Waals surface area contributed by atoms with Crippen LogP contribution in [0.2, 0.25) is 0 Å². The van der Waals surface area contributed by atoms with Crippen molar-refractivity contribution < 1.29 is 5.11 Å². The smallest absolute Gasteiger partial charge is 0.0468 e. The van der Waals surface area contributed by atoms with E-state index in [1.807, 2.05) is 6.92 Å². The summed E-state index contributed by atoms with van der Waals surface area (Å²) in [6.07, 6.45) is 1.06. The molecule has 1 aromatic rings. The van der Waals surface area contributed by atoms with E-state index < -0.39 is 0 Å². The first-order valence-electron chi connectivity index (χ1n) is 5.59. The lowest BCUT2D eigenvalue weighted by Crippen LogP contribution is -2.25. The second-order valence-electron chi connectivity index (χ2n) is 4.23. The van der Waals surface area contributed by atoms with Crippen LogP contribution < -0.4 is 5.32 Å². The molecule has 1 atom stereocenters. The van der Waals surface area contributed by atoms with E-state index in [-0.39, 0.29) is 6.61 Å². The van der Waals surface area contributed by atoms with E-state index in [9.17, 15) is 0 Å². The molecular weight excluding hydrogens is 186 g/mol. The average molecular weight is 207 g/mol. The number of aliphatic hydroxyl groups excluding tert-OH is 1. The van der Waals surface area contributed by atoms with Crippen molar-refractivity contribution in [1.29, 1.82) is 0 Å². The number of aryl methyl sites for hydroxylation is 1. The average Bonchev–Trinajstić information content (AvgIpc) is 2.24. The molecule has 0 saturated carbocycles. The van der Waals surface area contributed by atoms with E-state index in [0.29, 0.717) is 5.92 Å². The first-order valence-corrected chi connectivity index (χ1v) is 5.59. The van der Waals surface area contributed by atoms with E-state index in [4.69, 9.17) is 5.11 Å². The number of hydrogen-bond donors (Lipinski definition) is 2. The van der Waals surface area contributed by atoms with Gasteiger partial charge < -0.3 is 10.4 Å². The molecule has 0 spiro atoms. The molecule has 0 radical (unpaired) electrons. The molecule has 0 amide bonds. The minimum absolute atomic E-state index is 0.261. The molecule has 15 heavy (non-hydrogen) atoms. The van der Waals surface area contributed by atoms with E-state index in [2.05, 4.69) is 36.5 Å². The van der Waals surface area contributed by atoms with Crippen molar-refractivity contribution in [2.75, 3.05) is 19.7 Å². The highest BCUT2D eigenvalue weighted by Crippen LogP contribution is 2.03. The molecule has 0 saturated heterocycles. The minimum Gasteiger partial charge on any atom is -0.396 e. The molecule has 0 heterocycles. The first-order chi connectivity index (χ1) is 7.22. The Hall–Kier alpha value is -0.860. The number of benzene rings is 1. The maximum atomic E-state index is 8.85. The van der Waals surface area contributed by atoms with Crippen molar-refractivity contribution in [3.8, 4) is 0 Å². The first kappa shape index (κ1) is 12.2. The lowest BCUT2D eigenvalue weighted by molar-refractivity contribution is 0.234. The van der Waals surface area contributed by atoms with Crippen molar-refractivity contribution >= 4 is 0 Å². The summed E-state index contributed by atoms with van der Waals surface area (Å²) in [6, 6.07) is 8.59. The Kier molecular flexibility index (Phi) is 5.37. The van der Waals surface area contributed by atoms with E-state index in [1.54, 1.807) is 0 Å². The van der Waals surface area contributed by atoms with Crippen LogP contribution in [0.3, 0.4) is 0 Å². The van der Waals surface area contributed by atoms with Crippen LogP contribution in [-0.4, -0.2) is 24.8 Å². The Morgan fingerprint density at radius 3 is 2.87 bits per heavy atom. The molecular formula is C13H21NO. The molecule has 2 heteroatoms. The van der Waals surface area contributed by atoms with Gasteiger partial charge in [0.2, 0.25) is 0 Å². The zero-order valence-corrected chi connectivity index (χ0v) is 9.66. The second kappa shape index (κ2) is 6.59. The van der Waals surface area contributed by atoms with Crippen molar-refractivity contribution in [1.82, 2.24) is 5.32 Å². The zero-order valence-electron chi connectivity index (χ0n) is 9.66. The fourth-order valence-electron chi connectivity index (χ4n) is 1.51. The summed E-state index contributed by atoms with van der Waals surface area (Å²) in [4.78, 5) is 0. The maximum Gasteiger partial charge on any atom is 0.0468 e. The van der Waals surface area contributed by atoms with Crippen molar-refractivity contribution in [3.63, 3.8) is 0 Å². The summed E-state index contributed by atoms with van der Waals surface area (Å²) >= 11 is 0. The van der Waals surface area contributed by atoms with E-state index in [1.165, 1.54) is 11.1 Å². The van der Waals surface area contributed by atoms with Gasteiger partial charge in [-0.15, -0.1) is 0 Å². The van der Waals surface area contributed by atoms with Gasteiger partial charge in [-0.2, -0.15) is 0 Å². The van der Waals surface area contributed by atoms with Gasteiger partial charge in [-0.05, 0) is 37.9 Å². The quantitative estimate of drug-likeness (QED) is 0.697. The van der Waals surface area contributed by atoms with Gasteiger partial charge in [0.05, 0.1) is 0 Å². The van der Waals surface area contributed by atoms with Gasteiger partial charge in [-0.1, -0.05) is 36.8 Å².